The summed E-state index contributed by atoms with van der Waals surface area (Å²) in [6.07, 6.45) is 3.47. The van der Waals surface area contributed by atoms with Crippen molar-refractivity contribution in [3.05, 3.63) is 177 Å². The number of methoxy groups -OCH3 is 2. The van der Waals surface area contributed by atoms with E-state index in [0.29, 0.717) is 63.6 Å². The van der Waals surface area contributed by atoms with Crippen LogP contribution in [0.2, 0.25) is 0 Å². The molecule has 8 aromatic rings. The van der Waals surface area contributed by atoms with Crippen LogP contribution in [0, 0.1) is 0 Å². The molecule has 2 aromatic heterocycles. The number of likely N-dealkylation sites (tertiary alicyclic amines) is 2. The molecule has 452 valence electrons. The summed E-state index contributed by atoms with van der Waals surface area (Å²) < 4.78 is 43.5. The van der Waals surface area contributed by atoms with Crippen LogP contribution in [-0.2, 0) is 30.9 Å². The first-order valence-corrected chi connectivity index (χ1v) is 29.8. The van der Waals surface area contributed by atoms with Crippen molar-refractivity contribution >= 4 is 27.9 Å². The highest BCUT2D eigenvalue weighted by molar-refractivity contribution is 5.96. The zero-order chi connectivity index (χ0) is 58.9. The monoisotopic (exact) mass is 1170 g/mol. The molecule has 16 nitrogen and oxygen atoms in total. The van der Waals surface area contributed by atoms with E-state index in [4.69, 9.17) is 33.2 Å². The highest BCUT2D eigenvalue weighted by atomic mass is 16.6. The van der Waals surface area contributed by atoms with E-state index in [2.05, 4.69) is 45.4 Å². The zero-order valence-electron chi connectivity index (χ0n) is 49.6. The molecule has 4 aliphatic rings. The van der Waals surface area contributed by atoms with E-state index >= 15 is 0 Å². The quantitative estimate of drug-likeness (QED) is 0.0979. The summed E-state index contributed by atoms with van der Waals surface area (Å²) >= 11 is 0. The van der Waals surface area contributed by atoms with Gasteiger partial charge < -0.3 is 62.3 Å². The molecule has 1 amide bonds. The van der Waals surface area contributed by atoms with Crippen LogP contribution in [0.25, 0.3) is 44.1 Å². The summed E-state index contributed by atoms with van der Waals surface area (Å²) in [4.78, 5) is 47.0. The van der Waals surface area contributed by atoms with Crippen LogP contribution in [0.3, 0.4) is 0 Å². The number of amides is 1. The highest BCUT2D eigenvalue weighted by Gasteiger charge is 2.32. The fourth-order valence-corrected chi connectivity index (χ4v) is 12.0. The SMILES string of the molecule is C.COc1ccc2c(-c3ccccc3)cc(=O)n(CCN3CCC(N(Cc4ccc5c(c4)OCCO5)C(=O)OC(C)(C)C)CC3)c2c1.COc1ccc2c(-c3ccccc3)cc(=O)n(CCN3CCC(NCc4ccc5c(c4)OCCO5)CC3)c2c1. The van der Waals surface area contributed by atoms with Crippen LogP contribution < -0.4 is 44.9 Å². The van der Waals surface area contributed by atoms with Gasteiger partial charge in [-0.25, -0.2) is 4.79 Å². The number of aromatic nitrogens is 2. The smallest absolute Gasteiger partial charge is 0.410 e. The molecule has 4 aliphatic heterocycles. The first kappa shape index (κ1) is 60.8. The first-order chi connectivity index (χ1) is 41.4. The largest absolute Gasteiger partial charge is 0.497 e. The van der Waals surface area contributed by atoms with Crippen molar-refractivity contribution in [2.24, 2.45) is 0 Å². The predicted octanol–water partition coefficient (Wildman–Crippen LogP) is 11.7. The van der Waals surface area contributed by atoms with Gasteiger partial charge in [-0.1, -0.05) is 80.2 Å². The lowest BCUT2D eigenvalue weighted by molar-refractivity contribution is 0.00561. The van der Waals surface area contributed by atoms with E-state index in [9.17, 15) is 14.4 Å². The summed E-state index contributed by atoms with van der Waals surface area (Å²) in [5.74, 6) is 4.58. The van der Waals surface area contributed by atoms with Gasteiger partial charge in [0.2, 0.25) is 0 Å². The normalized spacial score (nSPS) is 15.5. The molecule has 0 spiro atoms. The lowest BCUT2D eigenvalue weighted by Crippen LogP contribution is -2.49. The summed E-state index contributed by atoms with van der Waals surface area (Å²) in [5, 5.41) is 5.79. The van der Waals surface area contributed by atoms with Gasteiger partial charge in [0.15, 0.2) is 23.0 Å². The minimum absolute atomic E-state index is 0. The van der Waals surface area contributed by atoms with Gasteiger partial charge in [-0.3, -0.25) is 9.59 Å². The number of carbonyl (C=O) groups excluding carboxylic acids is 1. The molecule has 86 heavy (non-hydrogen) atoms. The minimum Gasteiger partial charge on any atom is -0.497 e. The summed E-state index contributed by atoms with van der Waals surface area (Å²) in [6, 6.07) is 48.1. The fraction of sp³-hybridized carbons (Fsp3) is 0.386. The van der Waals surface area contributed by atoms with Gasteiger partial charge in [0.05, 0.1) is 25.3 Å². The van der Waals surface area contributed by atoms with Crippen LogP contribution in [0.4, 0.5) is 4.79 Å². The number of hydrogen-bond acceptors (Lipinski definition) is 13. The van der Waals surface area contributed by atoms with E-state index < -0.39 is 5.60 Å². The van der Waals surface area contributed by atoms with Gasteiger partial charge in [-0.2, -0.15) is 0 Å². The topological polar surface area (TPSA) is 147 Å². The van der Waals surface area contributed by atoms with E-state index in [1.165, 1.54) is 5.56 Å². The van der Waals surface area contributed by atoms with Gasteiger partial charge in [0, 0.05) is 99.5 Å². The van der Waals surface area contributed by atoms with Gasteiger partial charge >= 0.3 is 6.09 Å². The maximum absolute atomic E-state index is 13.5. The molecule has 0 radical (unpaired) electrons. The molecule has 1 N–H and O–H groups in total. The Hall–Kier alpha value is -8.31. The molecule has 12 rings (SSSR count). The zero-order valence-corrected chi connectivity index (χ0v) is 49.6. The maximum Gasteiger partial charge on any atom is 0.410 e. The minimum atomic E-state index is -0.600. The molecular weight excluding hydrogens is 1080 g/mol. The van der Waals surface area contributed by atoms with Crippen molar-refractivity contribution in [1.29, 1.82) is 0 Å². The molecule has 0 saturated carbocycles. The van der Waals surface area contributed by atoms with E-state index in [1.807, 2.05) is 138 Å². The Morgan fingerprint density at radius 2 is 1.00 bits per heavy atom. The highest BCUT2D eigenvalue weighted by Crippen LogP contribution is 2.35. The molecule has 2 fully saturated rings. The molecular formula is C70H82N6O10. The third kappa shape index (κ3) is 14.7. The van der Waals surface area contributed by atoms with Crippen molar-refractivity contribution in [2.45, 2.75) is 97.7 Å². The van der Waals surface area contributed by atoms with E-state index in [0.717, 1.165) is 144 Å². The van der Waals surface area contributed by atoms with E-state index in [1.54, 1.807) is 26.4 Å². The van der Waals surface area contributed by atoms with Crippen molar-refractivity contribution in [3.8, 4) is 56.8 Å². The Morgan fingerprint density at radius 1 is 0.547 bits per heavy atom. The van der Waals surface area contributed by atoms with Gasteiger partial charge in [0.1, 0.15) is 43.5 Å². The summed E-state index contributed by atoms with van der Waals surface area (Å²) in [5.41, 5.74) is 7.26. The second-order valence-electron chi connectivity index (χ2n) is 23.2. The molecule has 0 aliphatic carbocycles. The Morgan fingerprint density at radius 3 is 1.48 bits per heavy atom. The number of fused-ring (bicyclic) bond motifs is 4. The number of hydrogen-bond donors (Lipinski definition) is 1. The fourth-order valence-electron chi connectivity index (χ4n) is 12.0. The first-order valence-electron chi connectivity index (χ1n) is 29.8. The van der Waals surface area contributed by atoms with Crippen molar-refractivity contribution < 1.29 is 38.0 Å². The maximum atomic E-state index is 13.5. The Bertz CT molecular complexity index is 3720. The lowest BCUT2D eigenvalue weighted by Gasteiger charge is -2.39. The number of rotatable bonds is 16. The van der Waals surface area contributed by atoms with Gasteiger partial charge in [-0.15, -0.1) is 0 Å². The number of nitrogens with zero attached hydrogens (tertiary/aromatic N) is 5. The summed E-state index contributed by atoms with van der Waals surface area (Å²) in [7, 11) is 3.31. The molecule has 6 aromatic carbocycles. The van der Waals surface area contributed by atoms with Crippen LogP contribution in [0.5, 0.6) is 34.5 Å². The third-order valence-corrected chi connectivity index (χ3v) is 16.5. The standard InChI is InChI=1S/C37H43N3O6.C32H35N3O4.CH4/c1-37(2,3)46-36(42)40(25-26-10-13-33-34(22-26)45-21-20-44-33)28-14-16-38(17-15-28)18-19-39-32-23-29(43-4)11-12-30(32)31(24-35(39)41)27-8-6-5-7-9-27;1-37-26-8-9-27-28(24-5-3-2-4-6-24)21-32(36)35(29(27)20-26)16-15-34-13-11-25(12-14-34)33-22-23-7-10-30-31(19-23)39-18-17-38-30;/h5-13,22-24,28H,14-21,25H2,1-4H3;2-10,19-21,25,33H,11-18,22H2,1H3;1H4. The third-order valence-electron chi connectivity index (χ3n) is 16.5. The lowest BCUT2D eigenvalue weighted by atomic mass is 10.0. The Labute approximate surface area is 504 Å². The van der Waals surface area contributed by atoms with Crippen molar-refractivity contribution in [2.75, 3.05) is 79.9 Å². The molecule has 16 heteroatoms. The van der Waals surface area contributed by atoms with Crippen LogP contribution in [-0.4, -0.2) is 128 Å². The van der Waals surface area contributed by atoms with Crippen molar-refractivity contribution in [3.63, 3.8) is 0 Å². The average Bonchev–Trinajstić information content (AvgIpc) is 2.64. The molecule has 6 heterocycles. The number of pyridine rings is 2. The summed E-state index contributed by atoms with van der Waals surface area (Å²) in [6.45, 7) is 15.6. The second-order valence-corrected chi connectivity index (χ2v) is 23.2. The Balaban J connectivity index is 0.000000191. The number of ether oxygens (including phenoxy) is 7. The predicted molar refractivity (Wildman–Crippen MR) is 340 cm³/mol. The van der Waals surface area contributed by atoms with Gasteiger partial charge in [0.25, 0.3) is 11.1 Å². The number of piperidine rings is 2. The van der Waals surface area contributed by atoms with Gasteiger partial charge in [-0.05, 0) is 141 Å². The van der Waals surface area contributed by atoms with Crippen LogP contribution in [0.1, 0.15) is 65.0 Å². The average molecular weight is 1170 g/mol. The molecule has 0 unspecified atom stereocenters. The second kappa shape index (κ2) is 27.8. The van der Waals surface area contributed by atoms with E-state index in [-0.39, 0.29) is 30.7 Å². The molecule has 2 saturated heterocycles. The van der Waals surface area contributed by atoms with Crippen LogP contribution >= 0.6 is 0 Å². The number of carbonyl (C=O) groups is 1. The number of nitrogens with one attached hydrogen (secondary N) is 1. The molecule has 0 atom stereocenters. The molecule has 0 bridgehead atoms. The Kier molecular flexibility index (Phi) is 19.7. The van der Waals surface area contributed by atoms with Crippen LogP contribution in [0.15, 0.2) is 155 Å². The van der Waals surface area contributed by atoms with Crippen molar-refractivity contribution in [1.82, 2.24) is 29.2 Å². The number of benzene rings is 6.